The van der Waals surface area contributed by atoms with Crippen LogP contribution in [-0.2, 0) is 21.0 Å². The number of benzene rings is 2. The first-order valence-electron chi connectivity index (χ1n) is 9.75. The molecule has 5 rings (SSSR count). The lowest BCUT2D eigenvalue weighted by molar-refractivity contribution is -0.141. The number of thioether (sulfide) groups is 1. The van der Waals surface area contributed by atoms with Gasteiger partial charge >= 0.3 is 0 Å². The first-order valence-corrected chi connectivity index (χ1v) is 11.1. The zero-order valence-electron chi connectivity index (χ0n) is 16.1. The third-order valence-corrected chi connectivity index (χ3v) is 7.48. The number of carbonyl (C=O) groups excluding carboxylic acids is 2. The Kier molecular flexibility index (Phi) is 4.51. The molecule has 29 heavy (non-hydrogen) atoms. The van der Waals surface area contributed by atoms with Crippen LogP contribution in [-0.4, -0.2) is 36.1 Å². The SMILES string of the molecule is COc1cccc(CN2C(=O)[C@@]3(SCCN3C(=O)C3CC3)c3cc(Cl)ccc32)c1. The van der Waals surface area contributed by atoms with E-state index >= 15 is 0 Å². The highest BCUT2D eigenvalue weighted by Gasteiger charge is 2.60. The second-order valence-electron chi connectivity index (χ2n) is 7.66. The van der Waals surface area contributed by atoms with Gasteiger partial charge < -0.3 is 14.5 Å². The number of nitrogens with zero attached hydrogens (tertiary/aromatic N) is 2. The molecular formula is C22H21ClN2O3S. The summed E-state index contributed by atoms with van der Waals surface area (Å²) in [6.07, 6.45) is 1.83. The van der Waals surface area contributed by atoms with Crippen LogP contribution in [0.25, 0.3) is 0 Å². The van der Waals surface area contributed by atoms with Gasteiger partial charge in [-0.25, -0.2) is 0 Å². The van der Waals surface area contributed by atoms with E-state index < -0.39 is 4.87 Å². The molecule has 0 unspecified atom stereocenters. The molecule has 1 saturated heterocycles. The zero-order valence-corrected chi connectivity index (χ0v) is 17.6. The molecule has 2 heterocycles. The fourth-order valence-corrected chi connectivity index (χ4v) is 5.90. The second-order valence-corrected chi connectivity index (χ2v) is 9.39. The molecular weight excluding hydrogens is 408 g/mol. The molecule has 150 valence electrons. The molecule has 7 heteroatoms. The topological polar surface area (TPSA) is 49.9 Å². The quantitative estimate of drug-likeness (QED) is 0.737. The van der Waals surface area contributed by atoms with Crippen LogP contribution in [0.4, 0.5) is 5.69 Å². The van der Waals surface area contributed by atoms with E-state index in [9.17, 15) is 9.59 Å². The van der Waals surface area contributed by atoms with Gasteiger partial charge in [-0.1, -0.05) is 23.7 Å². The molecule has 2 aromatic rings. The molecule has 0 N–H and O–H groups in total. The standard InChI is InChI=1S/C22H21ClN2O3S/c1-28-17-4-2-3-14(11-17)13-24-19-8-7-16(23)12-18(19)22(21(24)27)25(9-10-29-22)20(26)15-5-6-15/h2-4,7-8,11-12,15H,5-6,9-10,13H2,1H3/t22-/m0/s1. The number of hydrogen-bond acceptors (Lipinski definition) is 4. The van der Waals surface area contributed by atoms with Crippen molar-refractivity contribution >= 4 is 40.9 Å². The predicted molar refractivity (Wildman–Crippen MR) is 114 cm³/mol. The summed E-state index contributed by atoms with van der Waals surface area (Å²) in [5, 5.41) is 0.575. The maximum absolute atomic E-state index is 13.9. The lowest BCUT2D eigenvalue weighted by atomic mass is 10.1. The van der Waals surface area contributed by atoms with Gasteiger partial charge in [-0.3, -0.25) is 9.59 Å². The minimum absolute atomic E-state index is 0.0610. The Morgan fingerprint density at radius 1 is 1.28 bits per heavy atom. The summed E-state index contributed by atoms with van der Waals surface area (Å²) < 4.78 is 5.33. The van der Waals surface area contributed by atoms with Gasteiger partial charge in [-0.15, -0.1) is 11.8 Å². The Bertz CT molecular complexity index is 1010. The van der Waals surface area contributed by atoms with E-state index in [1.807, 2.05) is 36.4 Å². The minimum atomic E-state index is -1.00. The van der Waals surface area contributed by atoms with Gasteiger partial charge in [0.1, 0.15) is 5.75 Å². The Morgan fingerprint density at radius 2 is 2.10 bits per heavy atom. The van der Waals surface area contributed by atoms with Crippen LogP contribution in [0.3, 0.4) is 0 Å². The Morgan fingerprint density at radius 3 is 2.86 bits per heavy atom. The number of amides is 2. The zero-order chi connectivity index (χ0) is 20.2. The first-order chi connectivity index (χ1) is 14.0. The van der Waals surface area contributed by atoms with Crippen molar-refractivity contribution in [3.8, 4) is 5.75 Å². The highest BCUT2D eigenvalue weighted by atomic mass is 35.5. The van der Waals surface area contributed by atoms with Crippen LogP contribution in [0.1, 0.15) is 24.0 Å². The van der Waals surface area contributed by atoms with Gasteiger partial charge in [0.2, 0.25) is 5.91 Å². The molecule has 0 aromatic heterocycles. The van der Waals surface area contributed by atoms with E-state index in [0.717, 1.165) is 41.2 Å². The molecule has 0 radical (unpaired) electrons. The monoisotopic (exact) mass is 428 g/mol. The number of methoxy groups -OCH3 is 1. The molecule has 2 amide bonds. The molecule has 1 saturated carbocycles. The van der Waals surface area contributed by atoms with Crippen molar-refractivity contribution in [2.45, 2.75) is 24.3 Å². The summed E-state index contributed by atoms with van der Waals surface area (Å²) in [5.41, 5.74) is 2.62. The van der Waals surface area contributed by atoms with Crippen molar-refractivity contribution in [2.24, 2.45) is 5.92 Å². The smallest absolute Gasteiger partial charge is 0.268 e. The molecule has 0 bridgehead atoms. The molecule has 3 aliphatic rings. The number of carbonyl (C=O) groups is 2. The maximum Gasteiger partial charge on any atom is 0.268 e. The molecule has 1 atom stereocenters. The maximum atomic E-state index is 13.9. The van der Waals surface area contributed by atoms with Crippen LogP contribution >= 0.6 is 23.4 Å². The van der Waals surface area contributed by atoms with Crippen molar-refractivity contribution in [3.63, 3.8) is 0 Å². The highest BCUT2D eigenvalue weighted by Crippen LogP contribution is 2.56. The molecule has 2 aliphatic heterocycles. The second kappa shape index (κ2) is 6.96. The van der Waals surface area contributed by atoms with Crippen LogP contribution in [0.15, 0.2) is 42.5 Å². The minimum Gasteiger partial charge on any atom is -0.497 e. The Balaban J connectivity index is 1.58. The molecule has 2 fully saturated rings. The molecule has 1 aliphatic carbocycles. The molecule has 1 spiro atoms. The summed E-state index contributed by atoms with van der Waals surface area (Å²) in [4.78, 5) is 29.5. The fraction of sp³-hybridized carbons (Fsp3) is 0.364. The predicted octanol–water partition coefficient (Wildman–Crippen LogP) is 4.03. The third-order valence-electron chi connectivity index (χ3n) is 5.82. The van der Waals surface area contributed by atoms with E-state index in [1.165, 1.54) is 0 Å². The number of hydrogen-bond donors (Lipinski definition) is 0. The summed E-state index contributed by atoms with van der Waals surface area (Å²) >= 11 is 7.87. The Labute approximate surface area is 179 Å². The largest absolute Gasteiger partial charge is 0.497 e. The Hall–Kier alpha value is -2.18. The van der Waals surface area contributed by atoms with E-state index in [1.54, 1.807) is 34.7 Å². The van der Waals surface area contributed by atoms with Crippen LogP contribution in [0.5, 0.6) is 5.75 Å². The van der Waals surface area contributed by atoms with E-state index in [0.29, 0.717) is 18.1 Å². The van der Waals surface area contributed by atoms with Crippen molar-refractivity contribution in [2.75, 3.05) is 24.3 Å². The van der Waals surface area contributed by atoms with E-state index in [4.69, 9.17) is 16.3 Å². The van der Waals surface area contributed by atoms with Gasteiger partial charge in [-0.05, 0) is 48.7 Å². The third kappa shape index (κ3) is 2.92. The van der Waals surface area contributed by atoms with Crippen molar-refractivity contribution in [3.05, 3.63) is 58.6 Å². The van der Waals surface area contributed by atoms with E-state index in [-0.39, 0.29) is 17.7 Å². The van der Waals surface area contributed by atoms with Crippen molar-refractivity contribution in [1.82, 2.24) is 4.90 Å². The van der Waals surface area contributed by atoms with Gasteiger partial charge in [0.05, 0.1) is 19.3 Å². The van der Waals surface area contributed by atoms with Crippen LogP contribution in [0.2, 0.25) is 5.02 Å². The molecule has 2 aromatic carbocycles. The summed E-state index contributed by atoms with van der Waals surface area (Å²) in [7, 11) is 1.63. The summed E-state index contributed by atoms with van der Waals surface area (Å²) in [6, 6.07) is 13.3. The van der Waals surface area contributed by atoms with Crippen molar-refractivity contribution in [1.29, 1.82) is 0 Å². The lowest BCUT2D eigenvalue weighted by Gasteiger charge is -2.33. The van der Waals surface area contributed by atoms with Crippen molar-refractivity contribution < 1.29 is 14.3 Å². The van der Waals surface area contributed by atoms with Crippen LogP contribution in [0, 0.1) is 5.92 Å². The van der Waals surface area contributed by atoms with Crippen LogP contribution < -0.4 is 9.64 Å². The summed E-state index contributed by atoms with van der Waals surface area (Å²) in [5.74, 6) is 1.59. The van der Waals surface area contributed by atoms with Gasteiger partial charge in [0, 0.05) is 28.8 Å². The fourth-order valence-electron chi connectivity index (χ4n) is 4.27. The highest BCUT2D eigenvalue weighted by molar-refractivity contribution is 8.01. The lowest BCUT2D eigenvalue weighted by Crippen LogP contribution is -2.50. The number of ether oxygens (including phenoxy) is 1. The average molecular weight is 429 g/mol. The van der Waals surface area contributed by atoms with Gasteiger partial charge in [0.15, 0.2) is 4.87 Å². The van der Waals surface area contributed by atoms with Gasteiger partial charge in [-0.2, -0.15) is 0 Å². The number of rotatable bonds is 4. The number of anilines is 1. The number of halogens is 1. The molecule has 5 nitrogen and oxygen atoms in total. The normalized spacial score (nSPS) is 23.0. The van der Waals surface area contributed by atoms with E-state index in [2.05, 4.69) is 0 Å². The number of fused-ring (bicyclic) bond motifs is 2. The average Bonchev–Trinajstić information content (AvgIpc) is 3.45. The first kappa shape index (κ1) is 18.8. The van der Waals surface area contributed by atoms with Gasteiger partial charge in [0.25, 0.3) is 5.91 Å². The summed E-state index contributed by atoms with van der Waals surface area (Å²) in [6.45, 7) is 1.00.